The monoisotopic (exact) mass is 288 g/mol. The van der Waals surface area contributed by atoms with Crippen molar-refractivity contribution in [3.05, 3.63) is 46.7 Å². The summed E-state index contributed by atoms with van der Waals surface area (Å²) in [6.45, 7) is 1.46. The molecule has 3 nitrogen and oxygen atoms in total. The molecule has 0 aliphatic heterocycles. The van der Waals surface area contributed by atoms with E-state index in [-0.39, 0.29) is 5.91 Å². The van der Waals surface area contributed by atoms with E-state index in [1.807, 2.05) is 24.3 Å². The standard InChI is InChI=1S/C13H9BrN2O/c1-9(17)16-7-10(6-15)12(8-16)11-4-2-3-5-13(11)14/h2-5,7-8H,1H3. The molecular weight excluding hydrogens is 280 g/mol. The average molecular weight is 289 g/mol. The lowest BCUT2D eigenvalue weighted by molar-refractivity contribution is 0.0937. The molecule has 0 amide bonds. The summed E-state index contributed by atoms with van der Waals surface area (Å²) in [4.78, 5) is 11.3. The van der Waals surface area contributed by atoms with Gasteiger partial charge in [0.2, 0.25) is 5.91 Å². The molecule has 0 spiro atoms. The topological polar surface area (TPSA) is 45.8 Å². The van der Waals surface area contributed by atoms with E-state index < -0.39 is 0 Å². The van der Waals surface area contributed by atoms with Crippen LogP contribution in [0.5, 0.6) is 0 Å². The fraction of sp³-hybridized carbons (Fsp3) is 0.0769. The van der Waals surface area contributed by atoms with Crippen LogP contribution in [0.25, 0.3) is 11.1 Å². The molecule has 0 radical (unpaired) electrons. The summed E-state index contributed by atoms with van der Waals surface area (Å²) in [5.41, 5.74) is 2.16. The lowest BCUT2D eigenvalue weighted by atomic mass is 10.1. The number of carbonyl (C=O) groups is 1. The molecule has 1 aromatic carbocycles. The summed E-state index contributed by atoms with van der Waals surface area (Å²) in [5.74, 6) is -0.111. The molecule has 0 atom stereocenters. The molecule has 1 aromatic heterocycles. The molecule has 17 heavy (non-hydrogen) atoms. The molecule has 2 aromatic rings. The highest BCUT2D eigenvalue weighted by atomic mass is 79.9. The predicted molar refractivity (Wildman–Crippen MR) is 68.6 cm³/mol. The zero-order valence-electron chi connectivity index (χ0n) is 9.14. The smallest absolute Gasteiger partial charge is 0.227 e. The Morgan fingerprint density at radius 3 is 2.59 bits per heavy atom. The van der Waals surface area contributed by atoms with Crippen LogP contribution in [0.1, 0.15) is 17.3 Å². The molecule has 4 heteroatoms. The molecule has 2 rings (SSSR count). The first-order valence-electron chi connectivity index (χ1n) is 5.01. The lowest BCUT2D eigenvalue weighted by Gasteiger charge is -2.01. The zero-order chi connectivity index (χ0) is 12.4. The van der Waals surface area contributed by atoms with Crippen LogP contribution in [0.3, 0.4) is 0 Å². The fourth-order valence-electron chi connectivity index (χ4n) is 1.62. The van der Waals surface area contributed by atoms with Crippen LogP contribution in [-0.2, 0) is 0 Å². The molecule has 0 unspecified atom stereocenters. The quantitative estimate of drug-likeness (QED) is 0.807. The van der Waals surface area contributed by atoms with Gasteiger partial charge in [0, 0.05) is 29.4 Å². The normalized spacial score (nSPS) is 9.94. The molecule has 84 valence electrons. The number of nitriles is 1. The Morgan fingerprint density at radius 2 is 2.00 bits per heavy atom. The molecule has 1 heterocycles. The Balaban J connectivity index is 2.64. The van der Waals surface area contributed by atoms with Gasteiger partial charge >= 0.3 is 0 Å². The number of hydrogen-bond acceptors (Lipinski definition) is 2. The van der Waals surface area contributed by atoms with E-state index >= 15 is 0 Å². The maximum atomic E-state index is 11.3. The number of nitrogens with zero attached hydrogens (tertiary/aromatic N) is 2. The maximum Gasteiger partial charge on any atom is 0.227 e. The number of halogens is 1. The van der Waals surface area contributed by atoms with E-state index in [2.05, 4.69) is 22.0 Å². The van der Waals surface area contributed by atoms with Crippen LogP contribution in [0.15, 0.2) is 41.1 Å². The van der Waals surface area contributed by atoms with Gasteiger partial charge in [-0.3, -0.25) is 9.36 Å². The Hall–Kier alpha value is -1.86. The Kier molecular flexibility index (Phi) is 3.12. The van der Waals surface area contributed by atoms with Crippen LogP contribution in [0.4, 0.5) is 0 Å². The fourth-order valence-corrected chi connectivity index (χ4v) is 2.12. The van der Waals surface area contributed by atoms with Gasteiger partial charge in [-0.25, -0.2) is 0 Å². The van der Waals surface area contributed by atoms with Gasteiger partial charge in [0.15, 0.2) is 0 Å². The van der Waals surface area contributed by atoms with Crippen molar-refractivity contribution in [2.45, 2.75) is 6.92 Å². The molecule has 0 fully saturated rings. The molecule has 0 N–H and O–H groups in total. The second-order valence-corrected chi connectivity index (χ2v) is 4.46. The van der Waals surface area contributed by atoms with Gasteiger partial charge in [-0.1, -0.05) is 34.1 Å². The van der Waals surface area contributed by atoms with E-state index in [0.717, 1.165) is 15.6 Å². The third-order valence-electron chi connectivity index (χ3n) is 2.47. The van der Waals surface area contributed by atoms with E-state index in [4.69, 9.17) is 5.26 Å². The van der Waals surface area contributed by atoms with Crippen LogP contribution in [0.2, 0.25) is 0 Å². The van der Waals surface area contributed by atoms with Gasteiger partial charge in [-0.2, -0.15) is 5.26 Å². The third kappa shape index (κ3) is 2.15. The zero-order valence-corrected chi connectivity index (χ0v) is 10.7. The largest absolute Gasteiger partial charge is 0.293 e. The highest BCUT2D eigenvalue weighted by Crippen LogP contribution is 2.30. The number of rotatable bonds is 1. The van der Waals surface area contributed by atoms with Crippen molar-refractivity contribution in [1.29, 1.82) is 5.26 Å². The average Bonchev–Trinajstić information content (AvgIpc) is 2.73. The van der Waals surface area contributed by atoms with Crippen LogP contribution < -0.4 is 0 Å². The van der Waals surface area contributed by atoms with Crippen molar-refractivity contribution in [1.82, 2.24) is 4.57 Å². The van der Waals surface area contributed by atoms with Gasteiger partial charge in [-0.15, -0.1) is 0 Å². The summed E-state index contributed by atoms with van der Waals surface area (Å²) >= 11 is 3.44. The maximum absolute atomic E-state index is 11.3. The third-order valence-corrected chi connectivity index (χ3v) is 3.17. The Labute approximate surface area is 107 Å². The number of hydrogen-bond donors (Lipinski definition) is 0. The predicted octanol–water partition coefficient (Wildman–Crippen LogP) is 3.45. The van der Waals surface area contributed by atoms with Gasteiger partial charge in [0.25, 0.3) is 0 Å². The van der Waals surface area contributed by atoms with Gasteiger partial charge in [0.05, 0.1) is 5.56 Å². The summed E-state index contributed by atoms with van der Waals surface area (Å²) in [5, 5.41) is 9.08. The SMILES string of the molecule is CC(=O)n1cc(C#N)c(-c2ccccc2Br)c1. The van der Waals surface area contributed by atoms with E-state index in [1.54, 1.807) is 12.4 Å². The van der Waals surface area contributed by atoms with Crippen LogP contribution >= 0.6 is 15.9 Å². The number of carbonyl (C=O) groups excluding carboxylic acids is 1. The first kappa shape index (κ1) is 11.6. The van der Waals surface area contributed by atoms with Crippen molar-refractivity contribution < 1.29 is 4.79 Å². The lowest BCUT2D eigenvalue weighted by Crippen LogP contribution is -2.00. The van der Waals surface area contributed by atoms with Gasteiger partial charge in [-0.05, 0) is 11.6 Å². The highest BCUT2D eigenvalue weighted by molar-refractivity contribution is 9.10. The summed E-state index contributed by atoms with van der Waals surface area (Å²) < 4.78 is 2.32. The van der Waals surface area contributed by atoms with Crippen LogP contribution in [0, 0.1) is 11.3 Å². The highest BCUT2D eigenvalue weighted by Gasteiger charge is 2.12. The second-order valence-electron chi connectivity index (χ2n) is 3.60. The molecule has 0 bridgehead atoms. The van der Waals surface area contributed by atoms with Crippen molar-refractivity contribution in [2.24, 2.45) is 0 Å². The molecule has 0 saturated heterocycles. The minimum atomic E-state index is -0.111. The van der Waals surface area contributed by atoms with E-state index in [0.29, 0.717) is 5.56 Å². The first-order valence-corrected chi connectivity index (χ1v) is 5.80. The molecule has 0 aliphatic carbocycles. The van der Waals surface area contributed by atoms with Crippen LogP contribution in [-0.4, -0.2) is 10.5 Å². The first-order chi connectivity index (χ1) is 8.13. The van der Waals surface area contributed by atoms with E-state index in [9.17, 15) is 4.79 Å². The molecular formula is C13H9BrN2O. The van der Waals surface area contributed by atoms with Gasteiger partial charge in [0.1, 0.15) is 6.07 Å². The molecule has 0 aliphatic rings. The van der Waals surface area contributed by atoms with Gasteiger partial charge < -0.3 is 0 Å². The van der Waals surface area contributed by atoms with Crippen molar-refractivity contribution in [2.75, 3.05) is 0 Å². The summed E-state index contributed by atoms with van der Waals surface area (Å²) in [6.07, 6.45) is 3.23. The minimum Gasteiger partial charge on any atom is -0.293 e. The van der Waals surface area contributed by atoms with Crippen molar-refractivity contribution in [3.63, 3.8) is 0 Å². The number of aromatic nitrogens is 1. The van der Waals surface area contributed by atoms with Crippen molar-refractivity contribution in [3.8, 4) is 17.2 Å². The second kappa shape index (κ2) is 4.56. The summed E-state index contributed by atoms with van der Waals surface area (Å²) in [7, 11) is 0. The van der Waals surface area contributed by atoms with Crippen molar-refractivity contribution >= 4 is 21.8 Å². The van der Waals surface area contributed by atoms with E-state index in [1.165, 1.54) is 11.5 Å². The Morgan fingerprint density at radius 1 is 1.29 bits per heavy atom. The minimum absolute atomic E-state index is 0.111. The number of benzene rings is 1. The molecule has 0 saturated carbocycles. The summed E-state index contributed by atoms with van der Waals surface area (Å²) in [6, 6.07) is 9.71. The Bertz CT molecular complexity index is 623.